The Balaban J connectivity index is 1.57. The zero-order valence-electron chi connectivity index (χ0n) is 18.7. The van der Waals surface area contributed by atoms with E-state index < -0.39 is 5.91 Å². The van der Waals surface area contributed by atoms with Gasteiger partial charge in [-0.1, -0.05) is 18.2 Å². The molecule has 34 heavy (non-hydrogen) atoms. The van der Waals surface area contributed by atoms with E-state index in [0.717, 1.165) is 27.9 Å². The first-order valence-corrected chi connectivity index (χ1v) is 10.7. The van der Waals surface area contributed by atoms with Crippen LogP contribution >= 0.6 is 0 Å². The first-order chi connectivity index (χ1) is 16.5. The Bertz CT molecular complexity index is 1520. The number of nitrogens with two attached hydrogens (primary N) is 1. The maximum absolute atomic E-state index is 13.0. The molecule has 0 spiro atoms. The van der Waals surface area contributed by atoms with Crippen LogP contribution in [0.4, 0.5) is 5.82 Å². The normalized spacial score (nSPS) is 11.0. The van der Waals surface area contributed by atoms with Gasteiger partial charge in [-0.3, -0.25) is 19.4 Å². The second-order valence-electron chi connectivity index (χ2n) is 7.89. The Morgan fingerprint density at radius 2 is 1.91 bits per heavy atom. The molecule has 0 fully saturated rings. The lowest BCUT2D eigenvalue weighted by molar-refractivity contribution is 0.0946. The number of amides is 1. The topological polar surface area (TPSA) is 124 Å². The van der Waals surface area contributed by atoms with Gasteiger partial charge in [0.2, 0.25) is 0 Å². The Labute approximate surface area is 195 Å². The van der Waals surface area contributed by atoms with Gasteiger partial charge >= 0.3 is 0 Å². The van der Waals surface area contributed by atoms with Gasteiger partial charge in [-0.2, -0.15) is 5.10 Å². The molecule has 5 aromatic rings. The molecule has 9 heteroatoms. The molecule has 5 rings (SSSR count). The largest absolute Gasteiger partial charge is 0.382 e. The highest BCUT2D eigenvalue weighted by molar-refractivity contribution is 5.98. The van der Waals surface area contributed by atoms with Gasteiger partial charge in [0.05, 0.1) is 23.4 Å². The van der Waals surface area contributed by atoms with Crippen molar-refractivity contribution in [2.24, 2.45) is 7.05 Å². The molecule has 0 radical (unpaired) electrons. The number of carbonyl (C=O) groups excluding carboxylic acids is 1. The number of hydrogen-bond acceptors (Lipinski definition) is 7. The molecule has 4 aromatic heterocycles. The summed E-state index contributed by atoms with van der Waals surface area (Å²) in [7, 11) is 1.82. The molecular weight excluding hydrogens is 428 g/mol. The van der Waals surface area contributed by atoms with E-state index in [4.69, 9.17) is 5.73 Å². The van der Waals surface area contributed by atoms with Crippen molar-refractivity contribution in [2.45, 2.75) is 13.5 Å². The minimum atomic E-state index is -0.426. The van der Waals surface area contributed by atoms with Crippen molar-refractivity contribution in [3.05, 3.63) is 84.1 Å². The van der Waals surface area contributed by atoms with Gasteiger partial charge in [0.1, 0.15) is 11.4 Å². The van der Waals surface area contributed by atoms with Gasteiger partial charge in [-0.25, -0.2) is 9.97 Å². The van der Waals surface area contributed by atoms with Crippen LogP contribution in [0, 0.1) is 6.92 Å². The number of fused-ring (bicyclic) bond motifs is 1. The van der Waals surface area contributed by atoms with Crippen LogP contribution in [0.5, 0.6) is 0 Å². The van der Waals surface area contributed by atoms with E-state index >= 15 is 0 Å². The lowest BCUT2D eigenvalue weighted by atomic mass is 10.0. The zero-order valence-corrected chi connectivity index (χ0v) is 18.7. The monoisotopic (exact) mass is 450 g/mol. The molecule has 0 aliphatic carbocycles. The second-order valence-corrected chi connectivity index (χ2v) is 7.89. The predicted octanol–water partition coefficient (Wildman–Crippen LogP) is 3.31. The van der Waals surface area contributed by atoms with Gasteiger partial charge in [0, 0.05) is 36.1 Å². The lowest BCUT2D eigenvalue weighted by Gasteiger charge is -2.12. The molecule has 0 bridgehead atoms. The first-order valence-electron chi connectivity index (χ1n) is 10.7. The second kappa shape index (κ2) is 8.70. The van der Waals surface area contributed by atoms with E-state index in [2.05, 4.69) is 30.4 Å². The van der Waals surface area contributed by atoms with Gasteiger partial charge in [0.15, 0.2) is 11.5 Å². The van der Waals surface area contributed by atoms with E-state index in [1.54, 1.807) is 10.9 Å². The van der Waals surface area contributed by atoms with Crippen molar-refractivity contribution in [1.82, 2.24) is 35.0 Å². The number of benzene rings is 1. The highest BCUT2D eigenvalue weighted by atomic mass is 16.1. The fraction of sp³-hybridized carbons (Fsp3) is 0.120. The summed E-state index contributed by atoms with van der Waals surface area (Å²) in [5.74, 6) is -0.397. The summed E-state index contributed by atoms with van der Waals surface area (Å²) in [6, 6.07) is 17.1. The van der Waals surface area contributed by atoms with E-state index in [9.17, 15) is 4.79 Å². The Morgan fingerprint density at radius 1 is 1.03 bits per heavy atom. The number of carbonyl (C=O) groups is 1. The van der Waals surface area contributed by atoms with Crippen molar-refractivity contribution in [3.8, 4) is 22.6 Å². The first kappa shape index (κ1) is 21.2. The van der Waals surface area contributed by atoms with Crippen LogP contribution in [0.2, 0.25) is 0 Å². The standard InChI is InChI=1S/C25H22N8O/c1-15-5-3-7-18(29-15)14-28-25(34)23-24(26)31-22(20-10-12-33(2)32-20)21(30-23)17-8-9-19-16(13-17)6-4-11-27-19/h3-13H,14H2,1-2H3,(H2,26,31)(H,28,34). The molecule has 0 atom stereocenters. The van der Waals surface area contributed by atoms with Crippen LogP contribution in [0.15, 0.2) is 67.0 Å². The summed E-state index contributed by atoms with van der Waals surface area (Å²) in [6.45, 7) is 2.15. The van der Waals surface area contributed by atoms with Crippen LogP contribution in [0.25, 0.3) is 33.5 Å². The molecule has 0 aliphatic rings. The van der Waals surface area contributed by atoms with Gasteiger partial charge < -0.3 is 11.1 Å². The molecule has 3 N–H and O–H groups in total. The number of aryl methyl sites for hydroxylation is 2. The molecule has 168 valence electrons. The molecule has 4 heterocycles. The van der Waals surface area contributed by atoms with Crippen LogP contribution in [0.1, 0.15) is 21.9 Å². The zero-order chi connectivity index (χ0) is 23.7. The third-order valence-electron chi connectivity index (χ3n) is 5.35. The lowest BCUT2D eigenvalue weighted by Crippen LogP contribution is -2.26. The summed E-state index contributed by atoms with van der Waals surface area (Å²) in [6.07, 6.45) is 3.56. The molecule has 0 saturated carbocycles. The summed E-state index contributed by atoms with van der Waals surface area (Å²) in [5, 5.41) is 8.25. The highest BCUT2D eigenvalue weighted by Crippen LogP contribution is 2.31. The summed E-state index contributed by atoms with van der Waals surface area (Å²) < 4.78 is 1.68. The molecule has 0 saturated heterocycles. The third-order valence-corrected chi connectivity index (χ3v) is 5.35. The average molecular weight is 451 g/mol. The van der Waals surface area contributed by atoms with E-state index in [-0.39, 0.29) is 18.1 Å². The highest BCUT2D eigenvalue weighted by Gasteiger charge is 2.21. The molecular formula is C25H22N8O. The number of hydrogen-bond donors (Lipinski definition) is 2. The molecule has 9 nitrogen and oxygen atoms in total. The number of nitrogens with zero attached hydrogens (tertiary/aromatic N) is 6. The van der Waals surface area contributed by atoms with E-state index in [1.807, 2.05) is 74.8 Å². The minimum absolute atomic E-state index is 0.0292. The van der Waals surface area contributed by atoms with Crippen molar-refractivity contribution in [3.63, 3.8) is 0 Å². The van der Waals surface area contributed by atoms with Crippen molar-refractivity contribution in [2.75, 3.05) is 5.73 Å². The molecule has 1 aromatic carbocycles. The van der Waals surface area contributed by atoms with Gasteiger partial charge in [0.25, 0.3) is 5.91 Å². The predicted molar refractivity (Wildman–Crippen MR) is 130 cm³/mol. The summed E-state index contributed by atoms with van der Waals surface area (Å²) in [4.78, 5) is 31.0. The SMILES string of the molecule is Cc1cccc(CNC(=O)c2nc(-c3ccc4ncccc4c3)c(-c3ccn(C)n3)nc2N)n1. The quantitative estimate of drug-likeness (QED) is 0.421. The smallest absolute Gasteiger partial charge is 0.274 e. The van der Waals surface area contributed by atoms with Crippen molar-refractivity contribution >= 4 is 22.6 Å². The number of aromatic nitrogens is 6. The van der Waals surface area contributed by atoms with Crippen LogP contribution in [-0.2, 0) is 13.6 Å². The van der Waals surface area contributed by atoms with Crippen LogP contribution in [0.3, 0.4) is 0 Å². The molecule has 0 unspecified atom stereocenters. The number of rotatable bonds is 5. The minimum Gasteiger partial charge on any atom is -0.382 e. The fourth-order valence-electron chi connectivity index (χ4n) is 3.71. The van der Waals surface area contributed by atoms with E-state index in [1.165, 1.54) is 0 Å². The Hall–Kier alpha value is -4.66. The fourth-order valence-corrected chi connectivity index (χ4v) is 3.71. The number of anilines is 1. The van der Waals surface area contributed by atoms with Gasteiger partial charge in [-0.15, -0.1) is 0 Å². The van der Waals surface area contributed by atoms with Crippen LogP contribution in [-0.4, -0.2) is 35.6 Å². The van der Waals surface area contributed by atoms with Crippen molar-refractivity contribution < 1.29 is 4.79 Å². The summed E-state index contributed by atoms with van der Waals surface area (Å²) >= 11 is 0. The number of pyridine rings is 2. The Kier molecular flexibility index (Phi) is 5.43. The average Bonchev–Trinajstić information content (AvgIpc) is 3.28. The maximum atomic E-state index is 13.0. The van der Waals surface area contributed by atoms with E-state index in [0.29, 0.717) is 17.1 Å². The van der Waals surface area contributed by atoms with Gasteiger partial charge in [-0.05, 0) is 43.3 Å². The summed E-state index contributed by atoms with van der Waals surface area (Å²) in [5.41, 5.74) is 11.1. The number of nitrogens with one attached hydrogen (secondary N) is 1. The third kappa shape index (κ3) is 4.18. The maximum Gasteiger partial charge on any atom is 0.274 e. The Morgan fingerprint density at radius 3 is 2.71 bits per heavy atom. The number of nitrogen functional groups attached to an aromatic ring is 1. The molecule has 1 amide bonds. The van der Waals surface area contributed by atoms with Crippen molar-refractivity contribution in [1.29, 1.82) is 0 Å². The van der Waals surface area contributed by atoms with Crippen LogP contribution < -0.4 is 11.1 Å². The molecule has 0 aliphatic heterocycles.